The van der Waals surface area contributed by atoms with Crippen molar-refractivity contribution in [2.24, 2.45) is 4.99 Å². The number of urea groups is 1. The van der Waals surface area contributed by atoms with Gasteiger partial charge < -0.3 is 16.0 Å². The molecular weight excluding hydrogens is 246 g/mol. The van der Waals surface area contributed by atoms with E-state index in [4.69, 9.17) is 0 Å². The van der Waals surface area contributed by atoms with Crippen LogP contribution in [0.3, 0.4) is 0 Å². The summed E-state index contributed by atoms with van der Waals surface area (Å²) in [5.41, 5.74) is 0. The first-order valence-corrected chi connectivity index (χ1v) is 6.79. The van der Waals surface area contributed by atoms with Crippen molar-refractivity contribution in [3.05, 3.63) is 0 Å². The quantitative estimate of drug-likeness (QED) is 0.261. The molecule has 7 nitrogen and oxygen atoms in total. The number of nitrogens with zero attached hydrogens (tertiary/aromatic N) is 2. The number of amides is 3. The van der Waals surface area contributed by atoms with Crippen LogP contribution in [0.4, 0.5) is 4.79 Å². The predicted octanol–water partition coefficient (Wildman–Crippen LogP) is -0.107. The zero-order valence-electron chi connectivity index (χ0n) is 11.7. The van der Waals surface area contributed by atoms with Crippen LogP contribution >= 0.6 is 0 Å². The van der Waals surface area contributed by atoms with Gasteiger partial charge in [0.1, 0.15) is 0 Å². The maximum Gasteiger partial charge on any atom is 0.324 e. The summed E-state index contributed by atoms with van der Waals surface area (Å²) in [5, 5.41) is 8.73. The molecule has 1 heterocycles. The molecule has 0 bridgehead atoms. The summed E-state index contributed by atoms with van der Waals surface area (Å²) in [4.78, 5) is 28.3. The molecule has 1 aliphatic rings. The van der Waals surface area contributed by atoms with Crippen LogP contribution in [0.2, 0.25) is 0 Å². The maximum atomic E-state index is 11.4. The largest absolute Gasteiger partial charge is 0.357 e. The molecular formula is C12H23N5O2. The standard InChI is InChI=1S/C12H23N5O2/c1-3-5-6-14-11(13-4-2)15-7-8-17-10(18)9-16-12(17)19/h3-9H2,1-2H3,(H,16,19)(H2,13,14,15). The first kappa shape index (κ1) is 15.3. The highest BCUT2D eigenvalue weighted by Crippen LogP contribution is 1.96. The van der Waals surface area contributed by atoms with Crippen LogP contribution in [0.1, 0.15) is 26.7 Å². The van der Waals surface area contributed by atoms with E-state index < -0.39 is 0 Å². The van der Waals surface area contributed by atoms with Crippen LogP contribution in [-0.2, 0) is 4.79 Å². The average Bonchev–Trinajstić information content (AvgIpc) is 2.70. The molecule has 0 spiro atoms. The normalized spacial score (nSPS) is 15.7. The summed E-state index contributed by atoms with van der Waals surface area (Å²) >= 11 is 0. The lowest BCUT2D eigenvalue weighted by Gasteiger charge is -2.15. The SMILES string of the molecule is CCCCN=C(NCC)NCCN1C(=O)CNC1=O. The van der Waals surface area contributed by atoms with Crippen molar-refractivity contribution in [1.82, 2.24) is 20.9 Å². The molecule has 1 rings (SSSR count). The molecule has 0 atom stereocenters. The van der Waals surface area contributed by atoms with Crippen molar-refractivity contribution < 1.29 is 9.59 Å². The Bertz CT molecular complexity index is 327. The summed E-state index contributed by atoms with van der Waals surface area (Å²) in [5.74, 6) is 0.544. The first-order valence-electron chi connectivity index (χ1n) is 6.79. The molecule has 0 aromatic rings. The van der Waals surface area contributed by atoms with E-state index in [1.165, 1.54) is 4.90 Å². The van der Waals surface area contributed by atoms with E-state index >= 15 is 0 Å². The third-order valence-electron chi connectivity index (χ3n) is 2.69. The van der Waals surface area contributed by atoms with Gasteiger partial charge in [-0.3, -0.25) is 14.7 Å². The Hall–Kier alpha value is -1.79. The second-order valence-electron chi connectivity index (χ2n) is 4.25. The molecule has 108 valence electrons. The minimum atomic E-state index is -0.320. The smallest absolute Gasteiger partial charge is 0.324 e. The molecule has 3 N–H and O–H groups in total. The molecule has 3 amide bonds. The second kappa shape index (κ2) is 8.34. The Labute approximate surface area is 113 Å². The molecule has 1 saturated heterocycles. The third kappa shape index (κ3) is 5.15. The molecule has 1 aliphatic heterocycles. The minimum absolute atomic E-state index is 0.101. The minimum Gasteiger partial charge on any atom is -0.357 e. The predicted molar refractivity (Wildman–Crippen MR) is 74.0 cm³/mol. The number of nitrogens with one attached hydrogen (secondary N) is 3. The summed E-state index contributed by atoms with van der Waals surface area (Å²) in [6, 6.07) is -0.320. The summed E-state index contributed by atoms with van der Waals surface area (Å²) in [7, 11) is 0. The van der Waals surface area contributed by atoms with Crippen molar-refractivity contribution in [1.29, 1.82) is 0 Å². The highest BCUT2D eigenvalue weighted by atomic mass is 16.2. The van der Waals surface area contributed by atoms with Crippen LogP contribution < -0.4 is 16.0 Å². The molecule has 1 fully saturated rings. The van der Waals surface area contributed by atoms with Crippen molar-refractivity contribution in [2.45, 2.75) is 26.7 Å². The topological polar surface area (TPSA) is 85.8 Å². The Morgan fingerprint density at radius 1 is 1.37 bits per heavy atom. The van der Waals surface area contributed by atoms with E-state index in [2.05, 4.69) is 27.9 Å². The van der Waals surface area contributed by atoms with Gasteiger partial charge in [-0.1, -0.05) is 13.3 Å². The zero-order valence-corrected chi connectivity index (χ0v) is 11.7. The molecule has 0 saturated carbocycles. The van der Waals surface area contributed by atoms with Gasteiger partial charge in [0.15, 0.2) is 5.96 Å². The maximum absolute atomic E-state index is 11.4. The monoisotopic (exact) mass is 269 g/mol. The van der Waals surface area contributed by atoms with Crippen molar-refractivity contribution in [3.8, 4) is 0 Å². The number of unbranched alkanes of at least 4 members (excludes halogenated alkanes) is 1. The number of guanidine groups is 1. The molecule has 0 aromatic heterocycles. The third-order valence-corrected chi connectivity index (χ3v) is 2.69. The molecule has 7 heteroatoms. The van der Waals surface area contributed by atoms with E-state index in [1.807, 2.05) is 6.92 Å². The van der Waals surface area contributed by atoms with Crippen LogP contribution in [0.25, 0.3) is 0 Å². The van der Waals surface area contributed by atoms with Crippen LogP contribution in [0.15, 0.2) is 4.99 Å². The molecule has 0 aliphatic carbocycles. The summed E-state index contributed by atoms with van der Waals surface area (Å²) in [6.07, 6.45) is 2.15. The van der Waals surface area contributed by atoms with E-state index in [9.17, 15) is 9.59 Å². The van der Waals surface area contributed by atoms with Gasteiger partial charge in [0.05, 0.1) is 6.54 Å². The number of carbonyl (C=O) groups is 2. The molecule has 19 heavy (non-hydrogen) atoms. The van der Waals surface area contributed by atoms with Gasteiger partial charge in [-0.15, -0.1) is 0 Å². The van der Waals surface area contributed by atoms with Gasteiger partial charge in [0.25, 0.3) is 0 Å². The number of carbonyl (C=O) groups excluding carboxylic acids is 2. The van der Waals surface area contributed by atoms with Gasteiger partial charge in [-0.05, 0) is 13.3 Å². The molecule has 0 unspecified atom stereocenters. The Kier molecular flexibility index (Phi) is 6.70. The molecule has 0 aromatic carbocycles. The Morgan fingerprint density at radius 2 is 2.16 bits per heavy atom. The first-order chi connectivity index (χ1) is 9.19. The van der Waals surface area contributed by atoms with Crippen molar-refractivity contribution in [2.75, 3.05) is 32.7 Å². The number of rotatable bonds is 7. The van der Waals surface area contributed by atoms with Gasteiger partial charge in [0.2, 0.25) is 5.91 Å². The highest BCUT2D eigenvalue weighted by Gasteiger charge is 2.27. The fourth-order valence-corrected chi connectivity index (χ4v) is 1.66. The number of hydrogen-bond acceptors (Lipinski definition) is 3. The lowest BCUT2D eigenvalue weighted by molar-refractivity contribution is -0.124. The van der Waals surface area contributed by atoms with Crippen LogP contribution in [-0.4, -0.2) is 55.5 Å². The van der Waals surface area contributed by atoms with E-state index in [1.54, 1.807) is 0 Å². The fourth-order valence-electron chi connectivity index (χ4n) is 1.66. The number of aliphatic imine (C=N–C) groups is 1. The number of imide groups is 1. The number of hydrogen-bond donors (Lipinski definition) is 3. The average molecular weight is 269 g/mol. The van der Waals surface area contributed by atoms with Crippen LogP contribution in [0, 0.1) is 0 Å². The Balaban J connectivity index is 2.33. The van der Waals surface area contributed by atoms with Crippen molar-refractivity contribution >= 4 is 17.9 Å². The van der Waals surface area contributed by atoms with Gasteiger partial charge in [-0.25, -0.2) is 4.79 Å². The summed E-state index contributed by atoms with van der Waals surface area (Å²) in [6.45, 7) is 6.61. The van der Waals surface area contributed by atoms with Crippen molar-refractivity contribution in [3.63, 3.8) is 0 Å². The second-order valence-corrected chi connectivity index (χ2v) is 4.25. The van der Waals surface area contributed by atoms with E-state index in [0.717, 1.165) is 31.9 Å². The molecule has 0 radical (unpaired) electrons. The van der Waals surface area contributed by atoms with Gasteiger partial charge in [-0.2, -0.15) is 0 Å². The lowest BCUT2D eigenvalue weighted by Crippen LogP contribution is -2.43. The van der Waals surface area contributed by atoms with Gasteiger partial charge in [0, 0.05) is 26.2 Å². The van der Waals surface area contributed by atoms with Crippen LogP contribution in [0.5, 0.6) is 0 Å². The Morgan fingerprint density at radius 3 is 2.74 bits per heavy atom. The fraction of sp³-hybridized carbons (Fsp3) is 0.750. The van der Waals surface area contributed by atoms with E-state index in [-0.39, 0.29) is 18.5 Å². The van der Waals surface area contributed by atoms with Gasteiger partial charge >= 0.3 is 6.03 Å². The highest BCUT2D eigenvalue weighted by molar-refractivity contribution is 6.01. The van der Waals surface area contributed by atoms with E-state index in [0.29, 0.717) is 13.1 Å². The lowest BCUT2D eigenvalue weighted by atomic mass is 10.3. The zero-order chi connectivity index (χ0) is 14.1. The summed E-state index contributed by atoms with van der Waals surface area (Å²) < 4.78 is 0.